The number of aliphatic hydroxyl groups excluding tert-OH is 2. The van der Waals surface area contributed by atoms with Crippen molar-refractivity contribution < 1.29 is 14.9 Å². The fraction of sp³-hybridized carbons (Fsp3) is 0.417. The van der Waals surface area contributed by atoms with Crippen LogP contribution in [0.2, 0.25) is 0 Å². The van der Waals surface area contributed by atoms with Crippen molar-refractivity contribution in [1.29, 1.82) is 0 Å². The van der Waals surface area contributed by atoms with E-state index >= 15 is 0 Å². The largest absolute Gasteiger partial charge is 0.392 e. The van der Waals surface area contributed by atoms with Gasteiger partial charge in [-0.1, -0.05) is 5.92 Å². The fourth-order valence-electron chi connectivity index (χ4n) is 2.32. The number of hydrogen-bond acceptors (Lipinski definition) is 7. The third kappa shape index (κ3) is 1.65. The van der Waals surface area contributed by atoms with E-state index in [1.165, 1.54) is 12.7 Å². The summed E-state index contributed by atoms with van der Waals surface area (Å²) < 4.78 is 7.25. The first kappa shape index (κ1) is 12.8. The number of nitrogens with zero attached hydrogens (tertiary/aromatic N) is 4. The summed E-state index contributed by atoms with van der Waals surface area (Å²) in [7, 11) is 0. The Hall–Kier alpha value is -2.21. The van der Waals surface area contributed by atoms with Crippen LogP contribution in [0.3, 0.4) is 0 Å². The number of terminal acetylenes is 1. The molecule has 0 aromatic carbocycles. The van der Waals surface area contributed by atoms with Crippen LogP contribution < -0.4 is 5.73 Å². The zero-order chi connectivity index (χ0) is 14.3. The summed E-state index contributed by atoms with van der Waals surface area (Å²) in [5.74, 6) is 2.58. The molecule has 1 aliphatic heterocycles. The number of nitrogens with two attached hydrogens (primary N) is 1. The highest BCUT2D eigenvalue weighted by atomic mass is 16.6. The first-order valence-corrected chi connectivity index (χ1v) is 5.99. The van der Waals surface area contributed by atoms with E-state index in [1.54, 1.807) is 4.57 Å². The maximum absolute atomic E-state index is 10.0. The second kappa shape index (κ2) is 4.42. The second-order valence-corrected chi connectivity index (χ2v) is 4.60. The molecule has 1 fully saturated rings. The van der Waals surface area contributed by atoms with Gasteiger partial charge in [0.15, 0.2) is 17.1 Å². The summed E-state index contributed by atoms with van der Waals surface area (Å²) >= 11 is 0. The average Bonchev–Trinajstić information content (AvgIpc) is 3.01. The number of aliphatic hydroxyl groups is 2. The van der Waals surface area contributed by atoms with E-state index < -0.39 is 24.5 Å². The van der Waals surface area contributed by atoms with Crippen LogP contribution in [-0.2, 0) is 4.74 Å². The van der Waals surface area contributed by atoms with Gasteiger partial charge < -0.3 is 20.7 Å². The molecule has 3 rings (SSSR count). The van der Waals surface area contributed by atoms with E-state index in [-0.39, 0.29) is 12.2 Å². The van der Waals surface area contributed by atoms with Gasteiger partial charge in [-0.15, -0.1) is 6.42 Å². The molecule has 8 nitrogen and oxygen atoms in total. The SMILES string of the molecule is C#C[C@]1(CO)OC(n2cnc3c(N)ncnc32)CC1O. The van der Waals surface area contributed by atoms with E-state index in [2.05, 4.69) is 20.9 Å². The Morgan fingerprint density at radius 1 is 1.55 bits per heavy atom. The number of imidazole rings is 1. The average molecular weight is 275 g/mol. The molecule has 3 atom stereocenters. The lowest BCUT2D eigenvalue weighted by molar-refractivity contribution is -0.0891. The van der Waals surface area contributed by atoms with Crippen molar-refractivity contribution in [3.8, 4) is 12.3 Å². The van der Waals surface area contributed by atoms with Gasteiger partial charge in [0.2, 0.25) is 0 Å². The molecule has 2 aromatic heterocycles. The van der Waals surface area contributed by atoms with Crippen LogP contribution in [0.15, 0.2) is 12.7 Å². The van der Waals surface area contributed by atoms with Gasteiger partial charge in [0.25, 0.3) is 0 Å². The van der Waals surface area contributed by atoms with Crippen molar-refractivity contribution in [3.63, 3.8) is 0 Å². The molecular formula is C12H13N5O3. The summed E-state index contributed by atoms with van der Waals surface area (Å²) in [4.78, 5) is 12.1. The number of aromatic nitrogens is 4. The number of ether oxygens (including phenoxy) is 1. The van der Waals surface area contributed by atoms with Crippen molar-refractivity contribution in [2.45, 2.75) is 24.4 Å². The summed E-state index contributed by atoms with van der Waals surface area (Å²) in [6.07, 6.45) is 6.85. The Balaban J connectivity index is 2.02. The predicted octanol–water partition coefficient (Wildman–Crippen LogP) is -0.947. The maximum Gasteiger partial charge on any atom is 0.179 e. The van der Waals surface area contributed by atoms with Gasteiger partial charge in [0, 0.05) is 6.42 Å². The summed E-state index contributed by atoms with van der Waals surface area (Å²) in [5.41, 5.74) is 5.25. The monoisotopic (exact) mass is 275 g/mol. The van der Waals surface area contributed by atoms with Crippen molar-refractivity contribution in [2.24, 2.45) is 0 Å². The quantitative estimate of drug-likeness (QED) is 0.604. The van der Waals surface area contributed by atoms with Crippen molar-refractivity contribution in [1.82, 2.24) is 19.5 Å². The summed E-state index contributed by atoms with van der Waals surface area (Å²) in [5, 5.41) is 19.4. The van der Waals surface area contributed by atoms with Crippen LogP contribution in [0.4, 0.5) is 5.82 Å². The normalized spacial score (nSPS) is 29.6. The molecule has 0 bridgehead atoms. The number of nitrogen functional groups attached to an aromatic ring is 1. The van der Waals surface area contributed by atoms with Crippen molar-refractivity contribution in [2.75, 3.05) is 12.3 Å². The topological polar surface area (TPSA) is 119 Å². The van der Waals surface area contributed by atoms with E-state index in [0.717, 1.165) is 0 Å². The Morgan fingerprint density at radius 3 is 3.00 bits per heavy atom. The predicted molar refractivity (Wildman–Crippen MR) is 69.1 cm³/mol. The molecule has 8 heteroatoms. The van der Waals surface area contributed by atoms with Crippen LogP contribution in [0.5, 0.6) is 0 Å². The molecule has 0 spiro atoms. The minimum Gasteiger partial charge on any atom is -0.392 e. The third-order valence-electron chi connectivity index (χ3n) is 3.49. The fourth-order valence-corrected chi connectivity index (χ4v) is 2.32. The standard InChI is InChI=1S/C12H13N5O3/c1-2-12(4-18)7(19)3-8(20-12)17-6-16-9-10(13)14-5-15-11(9)17/h1,5-8,18-19H,3-4H2,(H2,13,14,15)/t7?,8?,12-/m1/s1. The van der Waals surface area contributed by atoms with Gasteiger partial charge >= 0.3 is 0 Å². The Bertz CT molecular complexity index is 694. The van der Waals surface area contributed by atoms with E-state index in [4.69, 9.17) is 16.9 Å². The van der Waals surface area contributed by atoms with Gasteiger partial charge in [-0.3, -0.25) is 4.57 Å². The molecule has 2 unspecified atom stereocenters. The molecule has 0 amide bonds. The van der Waals surface area contributed by atoms with Gasteiger partial charge in [-0.05, 0) is 0 Å². The number of hydrogen-bond donors (Lipinski definition) is 3. The third-order valence-corrected chi connectivity index (χ3v) is 3.49. The Morgan fingerprint density at radius 2 is 2.35 bits per heavy atom. The first-order chi connectivity index (χ1) is 9.61. The first-order valence-electron chi connectivity index (χ1n) is 5.99. The van der Waals surface area contributed by atoms with Crippen LogP contribution in [-0.4, -0.2) is 48.0 Å². The lowest BCUT2D eigenvalue weighted by Gasteiger charge is -2.23. The smallest absolute Gasteiger partial charge is 0.179 e. The summed E-state index contributed by atoms with van der Waals surface area (Å²) in [6, 6.07) is 0. The van der Waals surface area contributed by atoms with Crippen LogP contribution in [0.25, 0.3) is 11.2 Å². The number of fused-ring (bicyclic) bond motifs is 1. The minimum absolute atomic E-state index is 0.222. The Labute approximate surface area is 114 Å². The van der Waals surface area contributed by atoms with Gasteiger partial charge in [0.1, 0.15) is 24.2 Å². The highest BCUT2D eigenvalue weighted by molar-refractivity contribution is 5.81. The van der Waals surface area contributed by atoms with Gasteiger partial charge in [-0.2, -0.15) is 0 Å². The molecule has 1 aliphatic rings. The van der Waals surface area contributed by atoms with Crippen molar-refractivity contribution in [3.05, 3.63) is 12.7 Å². The van der Waals surface area contributed by atoms with Crippen LogP contribution in [0, 0.1) is 12.3 Å². The lowest BCUT2D eigenvalue weighted by Crippen LogP contribution is -2.41. The van der Waals surface area contributed by atoms with Crippen molar-refractivity contribution >= 4 is 17.0 Å². The zero-order valence-corrected chi connectivity index (χ0v) is 10.5. The molecule has 4 N–H and O–H groups in total. The Kier molecular flexibility index (Phi) is 2.83. The molecule has 20 heavy (non-hydrogen) atoms. The molecule has 1 saturated heterocycles. The molecule has 0 aliphatic carbocycles. The van der Waals surface area contributed by atoms with Gasteiger partial charge in [-0.25, -0.2) is 15.0 Å². The maximum atomic E-state index is 10.0. The molecule has 3 heterocycles. The lowest BCUT2D eigenvalue weighted by atomic mass is 9.99. The molecule has 2 aromatic rings. The zero-order valence-electron chi connectivity index (χ0n) is 10.5. The molecular weight excluding hydrogens is 262 g/mol. The molecule has 0 radical (unpaired) electrons. The van der Waals surface area contributed by atoms with E-state index in [0.29, 0.717) is 11.2 Å². The highest BCUT2D eigenvalue weighted by Crippen LogP contribution is 2.37. The van der Waals surface area contributed by atoms with E-state index in [1.807, 2.05) is 0 Å². The number of rotatable bonds is 2. The molecule has 0 saturated carbocycles. The highest BCUT2D eigenvalue weighted by Gasteiger charge is 2.47. The van der Waals surface area contributed by atoms with Crippen LogP contribution >= 0.6 is 0 Å². The second-order valence-electron chi connectivity index (χ2n) is 4.60. The molecule has 104 valence electrons. The van der Waals surface area contributed by atoms with Crippen LogP contribution in [0.1, 0.15) is 12.6 Å². The number of anilines is 1. The van der Waals surface area contributed by atoms with Gasteiger partial charge in [0.05, 0.1) is 12.9 Å². The van der Waals surface area contributed by atoms with E-state index in [9.17, 15) is 10.2 Å². The summed E-state index contributed by atoms with van der Waals surface area (Å²) in [6.45, 7) is -0.467. The minimum atomic E-state index is -1.40.